The van der Waals surface area contributed by atoms with E-state index >= 15 is 0 Å². The maximum Gasteiger partial charge on any atom is 0.238 e. The first-order valence-electron chi connectivity index (χ1n) is 7.97. The van der Waals surface area contributed by atoms with Crippen LogP contribution in [-0.2, 0) is 14.4 Å². The number of Topliss-reactive ketones (excluding diaryl/α,β-unsaturated/α-hetero) is 1. The van der Waals surface area contributed by atoms with Crippen LogP contribution in [0.1, 0.15) is 30.4 Å². The van der Waals surface area contributed by atoms with E-state index in [0.717, 1.165) is 24.0 Å². The fourth-order valence-corrected chi connectivity index (χ4v) is 4.50. The highest BCUT2D eigenvalue weighted by atomic mass is 16.2. The van der Waals surface area contributed by atoms with Gasteiger partial charge in [0.25, 0.3) is 0 Å². The van der Waals surface area contributed by atoms with Gasteiger partial charge in [0.2, 0.25) is 11.8 Å². The molecule has 4 heteroatoms. The lowest BCUT2D eigenvalue weighted by atomic mass is 9.59. The Morgan fingerprint density at radius 1 is 0.955 bits per heavy atom. The van der Waals surface area contributed by atoms with Gasteiger partial charge in [0, 0.05) is 12.3 Å². The number of aryl methyl sites for hydroxylation is 2. The van der Waals surface area contributed by atoms with Crippen LogP contribution >= 0.6 is 0 Å². The summed E-state index contributed by atoms with van der Waals surface area (Å²) in [5, 5.41) is 0. The standard InChI is InChI=1S/C18H19NO3/c1-9-3-5-12(7-10(9)2)19-17(21)15-11-4-6-13(14(20)8-11)16(15)18(19)22/h3,5,7,11,13,15-16H,4,6,8H2,1-2H3. The van der Waals surface area contributed by atoms with Crippen LogP contribution in [0.5, 0.6) is 0 Å². The molecule has 4 unspecified atom stereocenters. The predicted octanol–water partition coefficient (Wildman–Crippen LogP) is 2.41. The van der Waals surface area contributed by atoms with E-state index in [2.05, 4.69) is 0 Å². The fraction of sp³-hybridized carbons (Fsp3) is 0.500. The van der Waals surface area contributed by atoms with Gasteiger partial charge in [-0.1, -0.05) is 6.07 Å². The van der Waals surface area contributed by atoms with Gasteiger partial charge in [-0.25, -0.2) is 0 Å². The zero-order valence-corrected chi connectivity index (χ0v) is 12.8. The number of amides is 2. The summed E-state index contributed by atoms with van der Waals surface area (Å²) in [6, 6.07) is 5.67. The van der Waals surface area contributed by atoms with Crippen molar-refractivity contribution in [2.45, 2.75) is 33.1 Å². The molecule has 4 atom stereocenters. The lowest BCUT2D eigenvalue weighted by Gasteiger charge is -2.41. The van der Waals surface area contributed by atoms with E-state index in [4.69, 9.17) is 0 Å². The number of ketones is 1. The van der Waals surface area contributed by atoms with Crippen LogP contribution in [0.3, 0.4) is 0 Å². The largest absolute Gasteiger partial charge is 0.299 e. The lowest BCUT2D eigenvalue weighted by Crippen LogP contribution is -2.46. The SMILES string of the molecule is Cc1ccc(N2C(=O)C3C4CCC(C(=O)C4)C3C2=O)cc1C. The Labute approximate surface area is 129 Å². The summed E-state index contributed by atoms with van der Waals surface area (Å²) in [5.41, 5.74) is 2.85. The van der Waals surface area contributed by atoms with Gasteiger partial charge >= 0.3 is 0 Å². The molecule has 0 radical (unpaired) electrons. The van der Waals surface area contributed by atoms with Crippen molar-refractivity contribution in [1.82, 2.24) is 0 Å². The molecule has 114 valence electrons. The van der Waals surface area contributed by atoms with Crippen molar-refractivity contribution in [3.05, 3.63) is 29.3 Å². The molecule has 1 aliphatic heterocycles. The lowest BCUT2D eigenvalue weighted by molar-refractivity contribution is -0.143. The second kappa shape index (κ2) is 4.51. The van der Waals surface area contributed by atoms with Crippen LogP contribution in [0.25, 0.3) is 0 Å². The van der Waals surface area contributed by atoms with E-state index in [1.165, 1.54) is 4.90 Å². The second-order valence-corrected chi connectivity index (χ2v) is 6.95. The van der Waals surface area contributed by atoms with Crippen molar-refractivity contribution >= 4 is 23.3 Å². The van der Waals surface area contributed by atoms with Gasteiger partial charge < -0.3 is 0 Å². The molecule has 0 N–H and O–H groups in total. The monoisotopic (exact) mass is 297 g/mol. The maximum atomic E-state index is 12.8. The summed E-state index contributed by atoms with van der Waals surface area (Å²) in [7, 11) is 0. The summed E-state index contributed by atoms with van der Waals surface area (Å²) >= 11 is 0. The third kappa shape index (κ3) is 1.67. The molecule has 0 spiro atoms. The highest BCUT2D eigenvalue weighted by molar-refractivity contribution is 6.23. The number of hydrogen-bond donors (Lipinski definition) is 0. The molecule has 4 nitrogen and oxygen atoms in total. The number of anilines is 1. The van der Waals surface area contributed by atoms with E-state index < -0.39 is 5.92 Å². The minimum absolute atomic E-state index is 0.0653. The molecule has 1 heterocycles. The normalized spacial score (nSPS) is 33.5. The number of benzene rings is 1. The quantitative estimate of drug-likeness (QED) is 0.748. The Balaban J connectivity index is 1.77. The van der Waals surface area contributed by atoms with E-state index in [9.17, 15) is 14.4 Å². The van der Waals surface area contributed by atoms with Crippen LogP contribution < -0.4 is 4.90 Å². The summed E-state index contributed by atoms with van der Waals surface area (Å²) in [6.45, 7) is 3.98. The van der Waals surface area contributed by atoms with E-state index in [-0.39, 0.29) is 35.4 Å². The Morgan fingerprint density at radius 3 is 2.36 bits per heavy atom. The zero-order chi connectivity index (χ0) is 15.6. The number of carbonyl (C=O) groups is 3. The maximum absolute atomic E-state index is 12.8. The van der Waals surface area contributed by atoms with E-state index in [0.29, 0.717) is 12.1 Å². The van der Waals surface area contributed by atoms with Gasteiger partial charge in [-0.2, -0.15) is 0 Å². The highest BCUT2D eigenvalue weighted by Gasteiger charge is 2.60. The molecular weight excluding hydrogens is 278 g/mol. The Hall–Kier alpha value is -1.97. The first kappa shape index (κ1) is 13.7. The average molecular weight is 297 g/mol. The number of fused-ring (bicyclic) bond motifs is 2. The third-order valence-electron chi connectivity index (χ3n) is 5.81. The molecule has 5 rings (SSSR count). The topological polar surface area (TPSA) is 54.5 Å². The number of rotatable bonds is 1. The number of hydrogen-bond acceptors (Lipinski definition) is 3. The van der Waals surface area contributed by atoms with Crippen LogP contribution in [0, 0.1) is 37.5 Å². The second-order valence-electron chi connectivity index (χ2n) is 6.95. The third-order valence-corrected chi connectivity index (χ3v) is 5.81. The molecular formula is C18H19NO3. The van der Waals surface area contributed by atoms with Crippen LogP contribution in [-0.4, -0.2) is 17.6 Å². The smallest absolute Gasteiger partial charge is 0.238 e. The molecule has 2 bridgehead atoms. The first-order valence-corrected chi connectivity index (χ1v) is 7.97. The molecule has 4 fully saturated rings. The van der Waals surface area contributed by atoms with Gasteiger partial charge in [-0.15, -0.1) is 0 Å². The molecule has 3 saturated carbocycles. The summed E-state index contributed by atoms with van der Waals surface area (Å²) in [5.74, 6) is -0.930. The van der Waals surface area contributed by atoms with Crippen molar-refractivity contribution in [3.63, 3.8) is 0 Å². The van der Waals surface area contributed by atoms with Crippen LogP contribution in [0.2, 0.25) is 0 Å². The molecule has 2 amide bonds. The van der Waals surface area contributed by atoms with Gasteiger partial charge in [-0.3, -0.25) is 19.3 Å². The summed E-state index contributed by atoms with van der Waals surface area (Å²) < 4.78 is 0. The molecule has 3 aliphatic carbocycles. The first-order chi connectivity index (χ1) is 10.5. The molecule has 4 aliphatic rings. The van der Waals surface area contributed by atoms with Crippen molar-refractivity contribution in [2.24, 2.45) is 23.7 Å². The van der Waals surface area contributed by atoms with Gasteiger partial charge in [0.05, 0.1) is 17.5 Å². The van der Waals surface area contributed by atoms with Crippen LogP contribution in [0.15, 0.2) is 18.2 Å². The number of imide groups is 1. The Morgan fingerprint density at radius 2 is 1.68 bits per heavy atom. The van der Waals surface area contributed by atoms with Gasteiger partial charge in [0.15, 0.2) is 0 Å². The molecule has 1 saturated heterocycles. The summed E-state index contributed by atoms with van der Waals surface area (Å²) in [4.78, 5) is 39.1. The summed E-state index contributed by atoms with van der Waals surface area (Å²) in [6.07, 6.45) is 2.15. The van der Waals surface area contributed by atoms with E-state index in [1.807, 2.05) is 32.0 Å². The average Bonchev–Trinajstić information content (AvgIpc) is 2.76. The van der Waals surface area contributed by atoms with Gasteiger partial charge in [-0.05, 0) is 55.9 Å². The van der Waals surface area contributed by atoms with E-state index in [1.54, 1.807) is 0 Å². The minimum Gasteiger partial charge on any atom is -0.299 e. The molecule has 0 aromatic heterocycles. The predicted molar refractivity (Wildman–Crippen MR) is 81.2 cm³/mol. The molecule has 1 aromatic rings. The minimum atomic E-state index is -0.408. The van der Waals surface area contributed by atoms with Gasteiger partial charge in [0.1, 0.15) is 5.78 Å². The Bertz CT molecular complexity index is 708. The molecule has 1 aromatic carbocycles. The van der Waals surface area contributed by atoms with Crippen molar-refractivity contribution in [2.75, 3.05) is 4.90 Å². The highest BCUT2D eigenvalue weighted by Crippen LogP contribution is 2.52. The molecule has 22 heavy (non-hydrogen) atoms. The van der Waals surface area contributed by atoms with Crippen molar-refractivity contribution in [3.8, 4) is 0 Å². The van der Waals surface area contributed by atoms with Crippen molar-refractivity contribution < 1.29 is 14.4 Å². The van der Waals surface area contributed by atoms with Crippen LogP contribution in [0.4, 0.5) is 5.69 Å². The van der Waals surface area contributed by atoms with Crippen molar-refractivity contribution in [1.29, 1.82) is 0 Å². The number of carbonyl (C=O) groups excluding carboxylic acids is 3. The number of nitrogens with zero attached hydrogens (tertiary/aromatic N) is 1. The fourth-order valence-electron chi connectivity index (χ4n) is 4.50. The zero-order valence-electron chi connectivity index (χ0n) is 12.8. The Kier molecular flexibility index (Phi) is 2.80.